The summed E-state index contributed by atoms with van der Waals surface area (Å²) in [6.45, 7) is 4.45. The van der Waals surface area contributed by atoms with E-state index in [1.54, 1.807) is 17.0 Å². The summed E-state index contributed by atoms with van der Waals surface area (Å²) in [5.74, 6) is 0.467. The highest BCUT2D eigenvalue weighted by atomic mass is 19.1. The van der Waals surface area contributed by atoms with Gasteiger partial charge in [-0.05, 0) is 49.8 Å². The third kappa shape index (κ3) is 5.18. The molecule has 2 aliphatic rings. The van der Waals surface area contributed by atoms with Crippen LogP contribution in [0.25, 0.3) is 0 Å². The van der Waals surface area contributed by atoms with Crippen LogP contribution in [0, 0.1) is 11.7 Å². The van der Waals surface area contributed by atoms with E-state index in [1.165, 1.54) is 12.1 Å². The molecule has 136 valence electrons. The molecule has 1 saturated heterocycles. The third-order valence-electron chi connectivity index (χ3n) is 4.78. The first-order valence-electron chi connectivity index (χ1n) is 9.09. The van der Waals surface area contributed by atoms with Gasteiger partial charge in [-0.3, -0.25) is 4.79 Å². The Balaban J connectivity index is 1.56. The van der Waals surface area contributed by atoms with E-state index in [1.807, 2.05) is 11.8 Å². The number of carbonyl (C=O) groups is 2. The number of amides is 3. The van der Waals surface area contributed by atoms with Crippen LogP contribution in [0.4, 0.5) is 9.18 Å². The maximum absolute atomic E-state index is 13.1. The van der Waals surface area contributed by atoms with Crippen LogP contribution in [0.2, 0.25) is 0 Å². The lowest BCUT2D eigenvalue weighted by Crippen LogP contribution is -2.48. The molecular weight excluding hydrogens is 321 g/mol. The molecular formula is C19H26FN3O2. The van der Waals surface area contributed by atoms with Gasteiger partial charge in [0.1, 0.15) is 5.82 Å². The Labute approximate surface area is 148 Å². The number of likely N-dealkylation sites (tertiary alicyclic amines) is 1. The lowest BCUT2D eigenvalue weighted by Gasteiger charge is -2.27. The average molecular weight is 347 g/mol. The van der Waals surface area contributed by atoms with Crippen LogP contribution >= 0.6 is 0 Å². The van der Waals surface area contributed by atoms with E-state index in [4.69, 9.17) is 0 Å². The van der Waals surface area contributed by atoms with Crippen molar-refractivity contribution in [2.24, 2.45) is 5.92 Å². The molecule has 1 N–H and O–H groups in total. The molecule has 25 heavy (non-hydrogen) atoms. The molecule has 3 rings (SSSR count). The van der Waals surface area contributed by atoms with Crippen LogP contribution in [0.3, 0.4) is 0 Å². The van der Waals surface area contributed by atoms with Crippen molar-refractivity contribution in [2.75, 3.05) is 19.6 Å². The summed E-state index contributed by atoms with van der Waals surface area (Å²) in [4.78, 5) is 28.0. The highest BCUT2D eigenvalue weighted by Crippen LogP contribution is 2.30. The topological polar surface area (TPSA) is 52.7 Å². The van der Waals surface area contributed by atoms with Crippen LogP contribution in [-0.4, -0.2) is 47.4 Å². The van der Waals surface area contributed by atoms with Gasteiger partial charge in [0.05, 0.1) is 0 Å². The largest absolute Gasteiger partial charge is 0.341 e. The minimum atomic E-state index is -0.272. The molecule has 1 aliphatic carbocycles. The van der Waals surface area contributed by atoms with E-state index in [9.17, 15) is 14.0 Å². The maximum atomic E-state index is 13.1. The quantitative estimate of drug-likeness (QED) is 0.825. The zero-order valence-electron chi connectivity index (χ0n) is 14.7. The lowest BCUT2D eigenvalue weighted by molar-refractivity contribution is -0.127. The Morgan fingerprint density at radius 1 is 1.36 bits per heavy atom. The molecule has 5 nitrogen and oxygen atoms in total. The van der Waals surface area contributed by atoms with Crippen molar-refractivity contribution < 1.29 is 14.0 Å². The van der Waals surface area contributed by atoms with Crippen LogP contribution in [-0.2, 0) is 11.3 Å². The standard InChI is InChI=1S/C19H26FN3O2/c1-14(11-22-10-2-3-18(22)24)21-19(25)23(12-15-4-5-15)13-16-6-8-17(20)9-7-16/h6-9,14-15H,2-5,10-13H2,1H3,(H,21,25). The van der Waals surface area contributed by atoms with Crippen LogP contribution in [0.15, 0.2) is 24.3 Å². The fraction of sp³-hybridized carbons (Fsp3) is 0.579. The predicted molar refractivity (Wildman–Crippen MR) is 93.3 cm³/mol. The van der Waals surface area contributed by atoms with E-state index in [-0.39, 0.29) is 23.8 Å². The van der Waals surface area contributed by atoms with E-state index in [0.717, 1.165) is 37.9 Å². The van der Waals surface area contributed by atoms with Gasteiger partial charge < -0.3 is 15.1 Å². The van der Waals surface area contributed by atoms with Gasteiger partial charge in [0, 0.05) is 38.6 Å². The maximum Gasteiger partial charge on any atom is 0.317 e. The van der Waals surface area contributed by atoms with Crippen LogP contribution in [0.5, 0.6) is 0 Å². The summed E-state index contributed by atoms with van der Waals surface area (Å²) in [6.07, 6.45) is 3.83. The molecule has 1 atom stereocenters. The average Bonchev–Trinajstić information content (AvgIpc) is 3.31. The minimum absolute atomic E-state index is 0.0931. The first kappa shape index (κ1) is 17.7. The van der Waals surface area contributed by atoms with Crippen molar-refractivity contribution in [1.82, 2.24) is 15.1 Å². The van der Waals surface area contributed by atoms with Gasteiger partial charge in [0.15, 0.2) is 0 Å². The van der Waals surface area contributed by atoms with Crippen molar-refractivity contribution in [1.29, 1.82) is 0 Å². The van der Waals surface area contributed by atoms with Crippen molar-refractivity contribution in [3.8, 4) is 0 Å². The first-order chi connectivity index (χ1) is 12.0. The number of urea groups is 1. The number of nitrogens with zero attached hydrogens (tertiary/aromatic N) is 2. The Bertz CT molecular complexity index is 616. The van der Waals surface area contributed by atoms with E-state index >= 15 is 0 Å². The molecule has 0 bridgehead atoms. The van der Waals surface area contributed by atoms with E-state index < -0.39 is 0 Å². The van der Waals surface area contributed by atoms with Crippen molar-refractivity contribution in [3.63, 3.8) is 0 Å². The summed E-state index contributed by atoms with van der Waals surface area (Å²) in [6, 6.07) is 6.07. The van der Waals surface area contributed by atoms with Gasteiger partial charge in [-0.1, -0.05) is 12.1 Å². The van der Waals surface area contributed by atoms with Crippen molar-refractivity contribution >= 4 is 11.9 Å². The van der Waals surface area contributed by atoms with Crippen molar-refractivity contribution in [2.45, 2.75) is 45.2 Å². The van der Waals surface area contributed by atoms with Gasteiger partial charge in [-0.2, -0.15) is 0 Å². The second-order valence-corrected chi connectivity index (χ2v) is 7.24. The summed E-state index contributed by atoms with van der Waals surface area (Å²) in [7, 11) is 0. The van der Waals surface area contributed by atoms with Gasteiger partial charge in [0.2, 0.25) is 5.91 Å². The summed E-state index contributed by atoms with van der Waals surface area (Å²) in [5.41, 5.74) is 0.916. The van der Waals surface area contributed by atoms with Gasteiger partial charge in [-0.15, -0.1) is 0 Å². The monoisotopic (exact) mass is 347 g/mol. The number of carbonyl (C=O) groups excluding carboxylic acids is 2. The predicted octanol–water partition coefficient (Wildman–Crippen LogP) is 2.76. The number of hydrogen-bond donors (Lipinski definition) is 1. The fourth-order valence-corrected chi connectivity index (χ4v) is 3.22. The van der Waals surface area contributed by atoms with Gasteiger partial charge in [0.25, 0.3) is 0 Å². The molecule has 0 radical (unpaired) electrons. The fourth-order valence-electron chi connectivity index (χ4n) is 3.22. The van der Waals surface area contributed by atoms with E-state index in [2.05, 4.69) is 5.32 Å². The molecule has 2 fully saturated rings. The summed E-state index contributed by atoms with van der Waals surface area (Å²) in [5, 5.41) is 3.01. The SMILES string of the molecule is CC(CN1CCCC1=O)NC(=O)N(Cc1ccc(F)cc1)CC1CC1. The summed E-state index contributed by atoms with van der Waals surface area (Å²) >= 11 is 0. The highest BCUT2D eigenvalue weighted by molar-refractivity contribution is 5.78. The number of halogens is 1. The molecule has 1 aromatic rings. The smallest absolute Gasteiger partial charge is 0.317 e. The molecule has 1 aromatic carbocycles. The lowest BCUT2D eigenvalue weighted by atomic mass is 10.2. The number of hydrogen-bond acceptors (Lipinski definition) is 2. The second kappa shape index (κ2) is 7.85. The van der Waals surface area contributed by atoms with Gasteiger partial charge in [-0.25, -0.2) is 9.18 Å². The zero-order chi connectivity index (χ0) is 17.8. The second-order valence-electron chi connectivity index (χ2n) is 7.24. The number of rotatable bonds is 7. The van der Waals surface area contributed by atoms with Crippen LogP contribution < -0.4 is 5.32 Å². The molecule has 1 saturated carbocycles. The molecule has 6 heteroatoms. The Morgan fingerprint density at radius 3 is 2.68 bits per heavy atom. The minimum Gasteiger partial charge on any atom is -0.341 e. The first-order valence-corrected chi connectivity index (χ1v) is 9.09. The summed E-state index contributed by atoms with van der Waals surface area (Å²) < 4.78 is 13.1. The number of benzene rings is 1. The Hall–Kier alpha value is -2.11. The van der Waals surface area contributed by atoms with Crippen molar-refractivity contribution in [3.05, 3.63) is 35.6 Å². The number of nitrogens with one attached hydrogen (secondary N) is 1. The van der Waals surface area contributed by atoms with E-state index in [0.29, 0.717) is 25.4 Å². The van der Waals surface area contributed by atoms with Crippen LogP contribution in [0.1, 0.15) is 38.2 Å². The molecule has 1 heterocycles. The molecule has 3 amide bonds. The molecule has 1 unspecified atom stereocenters. The molecule has 1 aliphatic heterocycles. The normalized spacial score (nSPS) is 18.3. The Morgan fingerprint density at radius 2 is 2.08 bits per heavy atom. The molecule has 0 aromatic heterocycles. The highest BCUT2D eigenvalue weighted by Gasteiger charge is 2.28. The zero-order valence-corrected chi connectivity index (χ0v) is 14.7. The Kier molecular flexibility index (Phi) is 5.56. The van der Waals surface area contributed by atoms with Gasteiger partial charge >= 0.3 is 6.03 Å². The third-order valence-corrected chi connectivity index (χ3v) is 4.78. The molecule has 0 spiro atoms.